The third-order valence-corrected chi connectivity index (χ3v) is 2.28. The van der Waals surface area contributed by atoms with E-state index >= 15 is 0 Å². The first-order valence-corrected chi connectivity index (χ1v) is 4.93. The Morgan fingerprint density at radius 2 is 2.22 bits per heavy atom. The van der Waals surface area contributed by atoms with Crippen LogP contribution in [0.15, 0.2) is 0 Å². The van der Waals surface area contributed by atoms with Crippen LogP contribution in [0.5, 0.6) is 0 Å². The first-order chi connectivity index (χ1) is 4.35. The summed E-state index contributed by atoms with van der Waals surface area (Å²) in [6.07, 6.45) is 4.66. The van der Waals surface area contributed by atoms with Crippen LogP contribution in [-0.2, 0) is 0 Å². The number of hydrogen-bond acceptors (Lipinski definition) is 2. The van der Waals surface area contributed by atoms with Crippen LogP contribution in [0.2, 0.25) is 0 Å². The quantitative estimate of drug-likeness (QED) is 0.641. The molecular weight excluding hydrogens is 130 g/mol. The molecule has 0 fully saturated rings. The maximum atomic E-state index is 5.51. The highest BCUT2D eigenvalue weighted by Crippen LogP contribution is 2.09. The van der Waals surface area contributed by atoms with Crippen LogP contribution in [-0.4, -0.2) is 18.6 Å². The molecule has 1 unspecified atom stereocenters. The van der Waals surface area contributed by atoms with Gasteiger partial charge in [-0.1, -0.05) is 13.3 Å². The first kappa shape index (κ1) is 9.31. The van der Waals surface area contributed by atoms with Crippen molar-refractivity contribution < 1.29 is 0 Å². The van der Waals surface area contributed by atoms with E-state index in [1.165, 1.54) is 18.6 Å². The predicted molar refractivity (Wildman–Crippen MR) is 45.8 cm³/mol. The summed E-state index contributed by atoms with van der Waals surface area (Å²) >= 11 is 1.91. The Hall–Kier alpha value is 0.310. The Morgan fingerprint density at radius 1 is 1.56 bits per heavy atom. The average molecular weight is 147 g/mol. The Kier molecular flexibility index (Phi) is 6.65. The van der Waals surface area contributed by atoms with Gasteiger partial charge in [0.25, 0.3) is 0 Å². The molecule has 0 amide bonds. The van der Waals surface area contributed by atoms with Crippen LogP contribution in [0.4, 0.5) is 0 Å². The van der Waals surface area contributed by atoms with Crippen molar-refractivity contribution in [2.24, 2.45) is 11.7 Å². The van der Waals surface area contributed by atoms with Crippen LogP contribution in [0.25, 0.3) is 0 Å². The molecular formula is C7H17NS. The fourth-order valence-corrected chi connectivity index (χ4v) is 1.34. The molecule has 0 heterocycles. The average Bonchev–Trinajstić information content (AvgIpc) is 1.91. The summed E-state index contributed by atoms with van der Waals surface area (Å²) in [5.41, 5.74) is 5.51. The summed E-state index contributed by atoms with van der Waals surface area (Å²) in [5.74, 6) is 2.02. The van der Waals surface area contributed by atoms with Gasteiger partial charge in [0.05, 0.1) is 0 Å². The van der Waals surface area contributed by atoms with Gasteiger partial charge in [-0.2, -0.15) is 11.8 Å². The minimum Gasteiger partial charge on any atom is -0.330 e. The molecule has 0 aromatic carbocycles. The smallest absolute Gasteiger partial charge is 0.00487 e. The predicted octanol–water partition coefficient (Wildman–Crippen LogP) is 1.72. The maximum Gasteiger partial charge on any atom is -0.00487 e. The molecule has 0 rings (SSSR count). The van der Waals surface area contributed by atoms with Crippen molar-refractivity contribution in [2.75, 3.05) is 18.6 Å². The SMILES string of the molecule is CCC(CN)CCSC. The molecule has 0 aliphatic heterocycles. The molecule has 0 radical (unpaired) electrons. The van der Waals surface area contributed by atoms with Crippen molar-refractivity contribution in [3.05, 3.63) is 0 Å². The van der Waals surface area contributed by atoms with Crippen molar-refractivity contribution in [1.29, 1.82) is 0 Å². The summed E-state index contributed by atoms with van der Waals surface area (Å²) in [7, 11) is 0. The number of rotatable bonds is 5. The van der Waals surface area contributed by atoms with E-state index in [0.717, 1.165) is 12.5 Å². The number of thioether (sulfide) groups is 1. The molecule has 0 aliphatic carbocycles. The lowest BCUT2D eigenvalue weighted by Gasteiger charge is -2.09. The molecule has 1 atom stereocenters. The lowest BCUT2D eigenvalue weighted by Crippen LogP contribution is -2.13. The number of hydrogen-bond donors (Lipinski definition) is 1. The van der Waals surface area contributed by atoms with Crippen molar-refractivity contribution in [2.45, 2.75) is 19.8 Å². The van der Waals surface area contributed by atoms with E-state index in [9.17, 15) is 0 Å². The van der Waals surface area contributed by atoms with E-state index in [-0.39, 0.29) is 0 Å². The summed E-state index contributed by atoms with van der Waals surface area (Å²) in [6, 6.07) is 0. The van der Waals surface area contributed by atoms with Crippen molar-refractivity contribution in [3.63, 3.8) is 0 Å². The summed E-state index contributed by atoms with van der Waals surface area (Å²) in [5, 5.41) is 0. The van der Waals surface area contributed by atoms with Gasteiger partial charge in [-0.05, 0) is 30.9 Å². The third-order valence-electron chi connectivity index (χ3n) is 1.64. The highest BCUT2D eigenvalue weighted by atomic mass is 32.2. The molecule has 0 aromatic heterocycles. The fraction of sp³-hybridized carbons (Fsp3) is 1.00. The van der Waals surface area contributed by atoms with Crippen molar-refractivity contribution in [3.8, 4) is 0 Å². The van der Waals surface area contributed by atoms with E-state index in [1.807, 2.05) is 11.8 Å². The van der Waals surface area contributed by atoms with Gasteiger partial charge in [0.2, 0.25) is 0 Å². The van der Waals surface area contributed by atoms with Crippen LogP contribution >= 0.6 is 11.8 Å². The largest absolute Gasteiger partial charge is 0.330 e. The van der Waals surface area contributed by atoms with Crippen LogP contribution in [0.1, 0.15) is 19.8 Å². The number of nitrogens with two attached hydrogens (primary N) is 1. The minimum absolute atomic E-state index is 0.762. The fourth-order valence-electron chi connectivity index (χ4n) is 0.773. The second-order valence-electron chi connectivity index (χ2n) is 2.29. The normalized spacial score (nSPS) is 13.7. The lowest BCUT2D eigenvalue weighted by atomic mass is 10.0. The molecule has 0 saturated heterocycles. The van der Waals surface area contributed by atoms with Gasteiger partial charge in [0.1, 0.15) is 0 Å². The molecule has 9 heavy (non-hydrogen) atoms. The van der Waals surface area contributed by atoms with Gasteiger partial charge in [0, 0.05) is 0 Å². The van der Waals surface area contributed by atoms with Gasteiger partial charge in [-0.3, -0.25) is 0 Å². The second kappa shape index (κ2) is 6.43. The van der Waals surface area contributed by atoms with Gasteiger partial charge >= 0.3 is 0 Å². The van der Waals surface area contributed by atoms with Crippen LogP contribution in [0, 0.1) is 5.92 Å². The zero-order chi connectivity index (χ0) is 7.11. The monoisotopic (exact) mass is 147 g/mol. The molecule has 0 aliphatic rings. The van der Waals surface area contributed by atoms with E-state index in [1.54, 1.807) is 0 Å². The van der Waals surface area contributed by atoms with Gasteiger partial charge in [0.15, 0.2) is 0 Å². The molecule has 0 saturated carbocycles. The Bertz CT molecular complexity index is 52.9. The maximum absolute atomic E-state index is 5.51. The molecule has 1 nitrogen and oxygen atoms in total. The van der Waals surface area contributed by atoms with E-state index in [4.69, 9.17) is 5.73 Å². The lowest BCUT2D eigenvalue weighted by molar-refractivity contribution is 0.509. The van der Waals surface area contributed by atoms with Gasteiger partial charge in [-0.15, -0.1) is 0 Å². The van der Waals surface area contributed by atoms with Crippen LogP contribution < -0.4 is 5.73 Å². The zero-order valence-corrected chi connectivity index (χ0v) is 7.21. The van der Waals surface area contributed by atoms with Crippen molar-refractivity contribution in [1.82, 2.24) is 0 Å². The summed E-state index contributed by atoms with van der Waals surface area (Å²) < 4.78 is 0. The molecule has 0 spiro atoms. The zero-order valence-electron chi connectivity index (χ0n) is 6.39. The molecule has 2 heteroatoms. The topological polar surface area (TPSA) is 26.0 Å². The van der Waals surface area contributed by atoms with Crippen molar-refractivity contribution >= 4 is 11.8 Å². The highest BCUT2D eigenvalue weighted by molar-refractivity contribution is 7.98. The molecule has 0 bridgehead atoms. The first-order valence-electron chi connectivity index (χ1n) is 3.54. The van der Waals surface area contributed by atoms with Crippen LogP contribution in [0.3, 0.4) is 0 Å². The van der Waals surface area contributed by atoms with Gasteiger partial charge < -0.3 is 5.73 Å². The second-order valence-corrected chi connectivity index (χ2v) is 3.28. The molecule has 0 aromatic rings. The Labute approximate surface area is 62.4 Å². The van der Waals surface area contributed by atoms with E-state index in [0.29, 0.717) is 0 Å². The van der Waals surface area contributed by atoms with E-state index < -0.39 is 0 Å². The minimum atomic E-state index is 0.762. The van der Waals surface area contributed by atoms with Gasteiger partial charge in [-0.25, -0.2) is 0 Å². The molecule has 56 valence electrons. The summed E-state index contributed by atoms with van der Waals surface area (Å²) in [4.78, 5) is 0. The van der Waals surface area contributed by atoms with E-state index in [2.05, 4.69) is 13.2 Å². The highest BCUT2D eigenvalue weighted by Gasteiger charge is 2.00. The Balaban J connectivity index is 3.09. The third kappa shape index (κ3) is 4.79. The summed E-state index contributed by atoms with van der Waals surface area (Å²) in [6.45, 7) is 3.06. The standard InChI is InChI=1S/C7H17NS/c1-3-7(6-8)4-5-9-2/h7H,3-6,8H2,1-2H3. The molecule has 2 N–H and O–H groups in total. The Morgan fingerprint density at radius 3 is 2.56 bits per heavy atom.